The number of nitrogens with two attached hydrogens (primary N) is 1. The number of hydrogen-bond donors (Lipinski definition) is 2. The van der Waals surface area contributed by atoms with Gasteiger partial charge in [0.15, 0.2) is 5.88 Å². The van der Waals surface area contributed by atoms with Crippen molar-refractivity contribution in [3.05, 3.63) is 52.8 Å². The SMILES string of the molecule is CCc1ccc(N(C)Cc2ccc3c(c2)[C@@H](C(N)=O)[C@H](O)C3)o1. The van der Waals surface area contributed by atoms with E-state index >= 15 is 0 Å². The number of carbonyl (C=O) groups excluding carboxylic acids is 1. The molecule has 1 amide bonds. The molecule has 5 heteroatoms. The fraction of sp³-hybridized carbons (Fsp3) is 0.389. The number of aliphatic hydroxyl groups excluding tert-OH is 1. The molecule has 3 rings (SSSR count). The van der Waals surface area contributed by atoms with Gasteiger partial charge in [0.05, 0.1) is 12.0 Å². The Kier molecular flexibility index (Phi) is 4.13. The monoisotopic (exact) mass is 314 g/mol. The van der Waals surface area contributed by atoms with E-state index in [-0.39, 0.29) is 0 Å². The highest BCUT2D eigenvalue weighted by Crippen LogP contribution is 2.34. The minimum absolute atomic E-state index is 0.472. The van der Waals surface area contributed by atoms with Gasteiger partial charge in [-0.25, -0.2) is 0 Å². The first-order chi connectivity index (χ1) is 11.0. The van der Waals surface area contributed by atoms with Crippen LogP contribution in [-0.2, 0) is 24.2 Å². The van der Waals surface area contributed by atoms with Crippen molar-refractivity contribution in [2.75, 3.05) is 11.9 Å². The first-order valence-corrected chi connectivity index (χ1v) is 7.88. The summed E-state index contributed by atoms with van der Waals surface area (Å²) in [5.41, 5.74) is 8.35. The number of anilines is 1. The molecule has 1 aliphatic carbocycles. The zero-order chi connectivity index (χ0) is 16.6. The molecule has 1 aliphatic rings. The van der Waals surface area contributed by atoms with Gasteiger partial charge >= 0.3 is 0 Å². The van der Waals surface area contributed by atoms with Gasteiger partial charge in [0, 0.05) is 26.1 Å². The second-order valence-corrected chi connectivity index (χ2v) is 6.13. The van der Waals surface area contributed by atoms with Gasteiger partial charge in [-0.2, -0.15) is 0 Å². The number of fused-ring (bicyclic) bond motifs is 1. The smallest absolute Gasteiger partial charge is 0.227 e. The van der Waals surface area contributed by atoms with Gasteiger partial charge in [0.2, 0.25) is 5.91 Å². The number of nitrogens with zero attached hydrogens (tertiary/aromatic N) is 1. The number of aryl methyl sites for hydroxylation is 1. The quantitative estimate of drug-likeness (QED) is 0.884. The summed E-state index contributed by atoms with van der Waals surface area (Å²) in [6, 6.07) is 9.91. The summed E-state index contributed by atoms with van der Waals surface area (Å²) in [6.45, 7) is 2.71. The highest BCUT2D eigenvalue weighted by molar-refractivity contribution is 5.84. The molecule has 1 heterocycles. The normalized spacial score (nSPS) is 19.6. The van der Waals surface area contributed by atoms with Crippen molar-refractivity contribution in [1.82, 2.24) is 0 Å². The van der Waals surface area contributed by atoms with Crippen molar-refractivity contribution in [2.24, 2.45) is 5.73 Å². The zero-order valence-corrected chi connectivity index (χ0v) is 13.5. The molecule has 0 radical (unpaired) electrons. The first kappa shape index (κ1) is 15.6. The Bertz CT molecular complexity index is 723. The summed E-state index contributed by atoms with van der Waals surface area (Å²) in [6.07, 6.45) is 0.634. The maximum Gasteiger partial charge on any atom is 0.227 e. The molecule has 1 aromatic carbocycles. The van der Waals surface area contributed by atoms with Crippen molar-refractivity contribution in [1.29, 1.82) is 0 Å². The van der Waals surface area contributed by atoms with Crippen LogP contribution < -0.4 is 10.6 Å². The van der Waals surface area contributed by atoms with Crippen LogP contribution in [-0.4, -0.2) is 24.2 Å². The molecule has 3 N–H and O–H groups in total. The first-order valence-electron chi connectivity index (χ1n) is 7.88. The Morgan fingerprint density at radius 1 is 1.39 bits per heavy atom. The van der Waals surface area contributed by atoms with E-state index < -0.39 is 17.9 Å². The Hall–Kier alpha value is -2.27. The lowest BCUT2D eigenvalue weighted by Gasteiger charge is -2.17. The van der Waals surface area contributed by atoms with E-state index in [0.29, 0.717) is 13.0 Å². The fourth-order valence-electron chi connectivity index (χ4n) is 3.23. The number of hydrogen-bond acceptors (Lipinski definition) is 4. The fourth-order valence-corrected chi connectivity index (χ4v) is 3.23. The van der Waals surface area contributed by atoms with Crippen LogP contribution in [0, 0.1) is 0 Å². The molecule has 0 saturated carbocycles. The van der Waals surface area contributed by atoms with Crippen LogP contribution in [0.3, 0.4) is 0 Å². The third-order valence-corrected chi connectivity index (χ3v) is 4.46. The van der Waals surface area contributed by atoms with Gasteiger partial charge in [0.25, 0.3) is 0 Å². The topological polar surface area (TPSA) is 79.7 Å². The van der Waals surface area contributed by atoms with Crippen LogP contribution in [0.5, 0.6) is 0 Å². The number of rotatable bonds is 5. The van der Waals surface area contributed by atoms with Gasteiger partial charge < -0.3 is 20.2 Å². The highest BCUT2D eigenvalue weighted by atomic mass is 16.4. The minimum atomic E-state index is -0.715. The van der Waals surface area contributed by atoms with E-state index in [4.69, 9.17) is 10.2 Å². The van der Waals surface area contributed by atoms with Gasteiger partial charge in [-0.15, -0.1) is 0 Å². The predicted molar refractivity (Wildman–Crippen MR) is 88.3 cm³/mol. The lowest BCUT2D eigenvalue weighted by molar-refractivity contribution is -0.121. The summed E-state index contributed by atoms with van der Waals surface area (Å²) < 4.78 is 5.75. The second-order valence-electron chi connectivity index (χ2n) is 6.13. The van der Waals surface area contributed by atoms with Crippen LogP contribution in [0.1, 0.15) is 35.3 Å². The molecule has 2 aromatic rings. The molecule has 0 spiro atoms. The maximum absolute atomic E-state index is 11.6. The van der Waals surface area contributed by atoms with E-state index in [9.17, 15) is 9.90 Å². The molecule has 0 fully saturated rings. The van der Waals surface area contributed by atoms with Crippen LogP contribution in [0.25, 0.3) is 0 Å². The number of primary amides is 1. The van der Waals surface area contributed by atoms with E-state index in [1.54, 1.807) is 0 Å². The molecule has 122 valence electrons. The molecule has 0 saturated heterocycles. The number of benzene rings is 1. The molecule has 5 nitrogen and oxygen atoms in total. The number of carbonyl (C=O) groups is 1. The summed E-state index contributed by atoms with van der Waals surface area (Å²) in [4.78, 5) is 13.6. The predicted octanol–water partition coefficient (Wildman–Crippen LogP) is 1.96. The van der Waals surface area contributed by atoms with Crippen LogP contribution >= 0.6 is 0 Å². The molecule has 0 aliphatic heterocycles. The lowest BCUT2D eigenvalue weighted by Crippen LogP contribution is -2.28. The lowest BCUT2D eigenvalue weighted by atomic mass is 9.97. The Morgan fingerprint density at radius 2 is 2.17 bits per heavy atom. The van der Waals surface area contributed by atoms with Crippen molar-refractivity contribution in [3.63, 3.8) is 0 Å². The summed E-state index contributed by atoms with van der Waals surface area (Å²) in [5, 5.41) is 10.0. The zero-order valence-electron chi connectivity index (χ0n) is 13.5. The molecule has 1 aromatic heterocycles. The molecule has 23 heavy (non-hydrogen) atoms. The number of aliphatic hydroxyl groups is 1. The average molecular weight is 314 g/mol. The van der Waals surface area contributed by atoms with Gasteiger partial charge in [-0.05, 0) is 29.2 Å². The van der Waals surface area contributed by atoms with Crippen molar-refractivity contribution >= 4 is 11.8 Å². The van der Waals surface area contributed by atoms with Gasteiger partial charge in [0.1, 0.15) is 5.76 Å². The maximum atomic E-state index is 11.6. The van der Waals surface area contributed by atoms with E-state index in [1.807, 2.05) is 42.3 Å². The third-order valence-electron chi connectivity index (χ3n) is 4.46. The standard InChI is InChI=1S/C18H22N2O3/c1-3-13-6-7-16(23-13)20(2)10-11-4-5-12-9-15(21)17(18(19)22)14(12)8-11/h4-8,15,17,21H,3,9-10H2,1-2H3,(H2,19,22)/t15-,17-/m1/s1. The van der Waals surface area contributed by atoms with E-state index in [0.717, 1.165) is 34.8 Å². The van der Waals surface area contributed by atoms with E-state index in [1.165, 1.54) is 0 Å². The Morgan fingerprint density at radius 3 is 2.83 bits per heavy atom. The largest absolute Gasteiger partial charge is 0.446 e. The van der Waals surface area contributed by atoms with Crippen molar-refractivity contribution in [3.8, 4) is 0 Å². The minimum Gasteiger partial charge on any atom is -0.446 e. The highest BCUT2D eigenvalue weighted by Gasteiger charge is 2.35. The molecule has 0 bridgehead atoms. The number of amides is 1. The summed E-state index contributed by atoms with van der Waals surface area (Å²) >= 11 is 0. The third kappa shape index (κ3) is 2.97. The van der Waals surface area contributed by atoms with Crippen LogP contribution in [0.4, 0.5) is 5.88 Å². The van der Waals surface area contributed by atoms with Crippen LogP contribution in [0.2, 0.25) is 0 Å². The molecule has 2 atom stereocenters. The summed E-state index contributed by atoms with van der Waals surface area (Å²) in [5.74, 6) is 0.692. The van der Waals surface area contributed by atoms with Crippen LogP contribution in [0.15, 0.2) is 34.7 Å². The molecule has 0 unspecified atom stereocenters. The second kappa shape index (κ2) is 6.08. The van der Waals surface area contributed by atoms with Crippen molar-refractivity contribution in [2.45, 2.75) is 38.3 Å². The summed E-state index contributed by atoms with van der Waals surface area (Å²) in [7, 11) is 1.96. The van der Waals surface area contributed by atoms with Gasteiger partial charge in [-0.3, -0.25) is 4.79 Å². The van der Waals surface area contributed by atoms with E-state index in [2.05, 4.69) is 6.92 Å². The Balaban J connectivity index is 1.81. The molecular formula is C18H22N2O3. The van der Waals surface area contributed by atoms with Crippen molar-refractivity contribution < 1.29 is 14.3 Å². The average Bonchev–Trinajstić information content (AvgIpc) is 3.10. The Labute approximate surface area is 135 Å². The molecular weight excluding hydrogens is 292 g/mol. The number of furan rings is 1. The van der Waals surface area contributed by atoms with Gasteiger partial charge in [-0.1, -0.05) is 25.1 Å².